The molecule has 1 aromatic carbocycles. The van der Waals surface area contributed by atoms with E-state index >= 15 is 0 Å². The van der Waals surface area contributed by atoms with Crippen molar-refractivity contribution in [2.75, 3.05) is 26.4 Å². The zero-order chi connectivity index (χ0) is 24.8. The molecule has 1 aliphatic heterocycles. The fraction of sp³-hybridized carbons (Fsp3) is 0.500. The second-order valence-corrected chi connectivity index (χ2v) is 8.38. The molecule has 1 unspecified atom stereocenters. The molecule has 1 aliphatic carbocycles. The number of fused-ring (bicyclic) bond motifs is 1. The number of amides is 2. The Bertz CT molecular complexity index is 1110. The van der Waals surface area contributed by atoms with Gasteiger partial charge in [0.1, 0.15) is 23.8 Å². The summed E-state index contributed by atoms with van der Waals surface area (Å²) in [7, 11) is 0. The first-order valence-corrected chi connectivity index (χ1v) is 11.7. The molecule has 0 spiro atoms. The lowest BCUT2D eigenvalue weighted by molar-refractivity contribution is -0.132. The van der Waals surface area contributed by atoms with Crippen molar-refractivity contribution in [1.82, 2.24) is 19.9 Å². The molecular formula is C24H28N4O7. The Kier molecular flexibility index (Phi) is 7.98. The molecule has 186 valence electrons. The molecule has 1 saturated carbocycles. The number of hydrogen-bond acceptors (Lipinski definition) is 9. The Morgan fingerprint density at radius 2 is 1.83 bits per heavy atom. The van der Waals surface area contributed by atoms with Crippen LogP contribution in [0.4, 0.5) is 0 Å². The molecule has 0 bridgehead atoms. The zero-order valence-corrected chi connectivity index (χ0v) is 19.6. The van der Waals surface area contributed by atoms with Crippen LogP contribution in [-0.2, 0) is 32.2 Å². The van der Waals surface area contributed by atoms with Crippen molar-refractivity contribution < 1.29 is 33.4 Å². The van der Waals surface area contributed by atoms with Gasteiger partial charge in [0.25, 0.3) is 11.8 Å². The Hall–Kier alpha value is -3.44. The summed E-state index contributed by atoms with van der Waals surface area (Å²) in [6, 6.07) is 3.82. The van der Waals surface area contributed by atoms with Crippen molar-refractivity contribution in [2.24, 2.45) is 0 Å². The second-order valence-electron chi connectivity index (χ2n) is 8.38. The highest BCUT2D eigenvalue weighted by Crippen LogP contribution is 2.34. The van der Waals surface area contributed by atoms with E-state index in [0.29, 0.717) is 32.1 Å². The molecule has 2 aromatic rings. The van der Waals surface area contributed by atoms with Gasteiger partial charge in [0.15, 0.2) is 5.78 Å². The van der Waals surface area contributed by atoms with Crippen molar-refractivity contribution in [2.45, 2.75) is 51.8 Å². The monoisotopic (exact) mass is 484 g/mol. The number of Topliss-reactive ketones (excluding diaryl/α,β-unsaturated/α-hetero) is 2. The van der Waals surface area contributed by atoms with Crippen molar-refractivity contribution >= 4 is 23.4 Å². The Labute approximate surface area is 202 Å². The van der Waals surface area contributed by atoms with E-state index < -0.39 is 23.6 Å². The van der Waals surface area contributed by atoms with Gasteiger partial charge < -0.3 is 14.2 Å². The number of nitrogens with zero attached hydrogens (tertiary/aromatic N) is 4. The minimum atomic E-state index is -0.923. The Morgan fingerprint density at radius 3 is 2.60 bits per heavy atom. The molecule has 2 aliphatic rings. The third-order valence-corrected chi connectivity index (χ3v) is 5.81. The molecule has 4 rings (SSSR count). The lowest BCUT2D eigenvalue weighted by atomic mass is 9.92. The largest absolute Gasteiger partial charge is 0.486 e. The number of carbonyl (C=O) groups is 4. The molecule has 2 heterocycles. The minimum Gasteiger partial charge on any atom is -0.486 e. The van der Waals surface area contributed by atoms with Gasteiger partial charge in [-0.25, -0.2) is 4.68 Å². The van der Waals surface area contributed by atoms with E-state index in [1.54, 1.807) is 23.0 Å². The van der Waals surface area contributed by atoms with Crippen LogP contribution in [-0.4, -0.2) is 75.7 Å². The quantitative estimate of drug-likeness (QED) is 0.250. The third-order valence-electron chi connectivity index (χ3n) is 5.81. The van der Waals surface area contributed by atoms with Crippen LogP contribution < -0.4 is 4.74 Å². The summed E-state index contributed by atoms with van der Waals surface area (Å²) in [5.74, 6) is -1.49. The predicted molar refractivity (Wildman–Crippen MR) is 121 cm³/mol. The van der Waals surface area contributed by atoms with Crippen molar-refractivity contribution in [3.8, 4) is 5.75 Å². The van der Waals surface area contributed by atoms with Crippen molar-refractivity contribution in [1.29, 1.82) is 0 Å². The molecule has 35 heavy (non-hydrogen) atoms. The Balaban J connectivity index is 1.34. The summed E-state index contributed by atoms with van der Waals surface area (Å²) in [5.41, 5.74) is 0.845. The van der Waals surface area contributed by atoms with Crippen LogP contribution in [0.3, 0.4) is 0 Å². The van der Waals surface area contributed by atoms with Gasteiger partial charge in [-0.3, -0.25) is 24.1 Å². The van der Waals surface area contributed by atoms with Crippen molar-refractivity contribution in [3.05, 3.63) is 41.2 Å². The van der Waals surface area contributed by atoms with Crippen LogP contribution >= 0.6 is 0 Å². The Morgan fingerprint density at radius 1 is 1.03 bits per heavy atom. The highest BCUT2D eigenvalue weighted by Gasteiger charge is 2.45. The average Bonchev–Trinajstić information content (AvgIpc) is 3.40. The summed E-state index contributed by atoms with van der Waals surface area (Å²) >= 11 is 0. The topological polar surface area (TPSA) is 130 Å². The summed E-state index contributed by atoms with van der Waals surface area (Å²) in [6.45, 7) is 4.85. The van der Waals surface area contributed by atoms with Crippen LogP contribution in [0.1, 0.15) is 59.0 Å². The highest BCUT2D eigenvalue weighted by molar-refractivity contribution is 6.24. The molecule has 0 N–H and O–H groups in total. The van der Waals surface area contributed by atoms with E-state index in [2.05, 4.69) is 10.3 Å². The third kappa shape index (κ3) is 5.63. The number of rotatable bonds is 12. The average molecular weight is 485 g/mol. The fourth-order valence-electron chi connectivity index (χ4n) is 4.10. The SMILES string of the molecule is CCCOCCOCCn1cc(COc2cccc3c2C(=O)N(C2CCC(=O)CC2=O)C3=O)nn1. The molecule has 1 fully saturated rings. The number of ether oxygens (including phenoxy) is 3. The lowest BCUT2D eigenvalue weighted by Gasteiger charge is -2.27. The van der Waals surface area contributed by atoms with E-state index in [4.69, 9.17) is 14.2 Å². The van der Waals surface area contributed by atoms with Crippen LogP contribution in [0.2, 0.25) is 0 Å². The van der Waals surface area contributed by atoms with Crippen LogP contribution in [0.15, 0.2) is 24.4 Å². The molecule has 0 saturated heterocycles. The van der Waals surface area contributed by atoms with Gasteiger partial charge in [0.2, 0.25) is 0 Å². The standard InChI is InChI=1S/C24H28N4O7/c1-2-9-33-11-12-34-10-8-27-14-16(25-26-27)15-35-21-5-3-4-18-22(21)24(32)28(23(18)31)19-7-6-17(29)13-20(19)30/h3-5,14,19H,2,6-13,15H2,1H3. The van der Waals surface area contributed by atoms with Gasteiger partial charge >= 0.3 is 0 Å². The van der Waals surface area contributed by atoms with E-state index in [0.717, 1.165) is 17.9 Å². The molecule has 0 radical (unpaired) electrons. The summed E-state index contributed by atoms with van der Waals surface area (Å²) in [5, 5.41) is 8.12. The molecule has 11 nitrogen and oxygen atoms in total. The predicted octanol–water partition coefficient (Wildman–Crippen LogP) is 1.59. The maximum absolute atomic E-state index is 13.1. The van der Waals surface area contributed by atoms with Crippen LogP contribution in [0.25, 0.3) is 0 Å². The normalized spacial score (nSPS) is 17.9. The number of carbonyl (C=O) groups excluding carboxylic acids is 4. The van der Waals surface area contributed by atoms with E-state index in [1.165, 1.54) is 6.07 Å². The first-order chi connectivity index (χ1) is 17.0. The molecule has 1 aromatic heterocycles. The molecule has 2 amide bonds. The van der Waals surface area contributed by atoms with E-state index in [1.807, 2.05) is 6.92 Å². The number of hydrogen-bond donors (Lipinski definition) is 0. The van der Waals surface area contributed by atoms with Gasteiger partial charge in [-0.05, 0) is 25.0 Å². The fourth-order valence-corrected chi connectivity index (χ4v) is 4.10. The maximum atomic E-state index is 13.1. The molecular weight excluding hydrogens is 456 g/mol. The maximum Gasteiger partial charge on any atom is 0.266 e. The van der Waals surface area contributed by atoms with Crippen molar-refractivity contribution in [3.63, 3.8) is 0 Å². The zero-order valence-electron chi connectivity index (χ0n) is 19.6. The van der Waals surface area contributed by atoms with E-state index in [-0.39, 0.29) is 48.5 Å². The van der Waals surface area contributed by atoms with Crippen LogP contribution in [0.5, 0.6) is 5.75 Å². The smallest absolute Gasteiger partial charge is 0.266 e. The van der Waals surface area contributed by atoms with E-state index in [9.17, 15) is 19.2 Å². The summed E-state index contributed by atoms with van der Waals surface area (Å²) < 4.78 is 18.3. The van der Waals surface area contributed by atoms with Crippen LogP contribution in [0, 0.1) is 0 Å². The number of benzene rings is 1. The van der Waals surface area contributed by atoms with Gasteiger partial charge in [0.05, 0.1) is 56.2 Å². The molecule has 1 atom stereocenters. The molecule has 11 heteroatoms. The number of ketones is 2. The highest BCUT2D eigenvalue weighted by atomic mass is 16.5. The number of aromatic nitrogens is 3. The summed E-state index contributed by atoms with van der Waals surface area (Å²) in [6.07, 6.45) is 2.75. The van der Waals surface area contributed by atoms with Gasteiger partial charge in [-0.2, -0.15) is 0 Å². The first-order valence-electron chi connectivity index (χ1n) is 11.7. The summed E-state index contributed by atoms with van der Waals surface area (Å²) in [4.78, 5) is 50.9. The number of imide groups is 1. The minimum absolute atomic E-state index is 0.0422. The second kappa shape index (κ2) is 11.3. The van der Waals surface area contributed by atoms with Gasteiger partial charge in [0, 0.05) is 13.0 Å². The van der Waals surface area contributed by atoms with Gasteiger partial charge in [-0.1, -0.05) is 18.2 Å². The first kappa shape index (κ1) is 24.7. The lowest BCUT2D eigenvalue weighted by Crippen LogP contribution is -2.47. The van der Waals surface area contributed by atoms with Gasteiger partial charge in [-0.15, -0.1) is 5.10 Å².